The standard InChI is InChI=1S/C20H21N3O2/c1-2-15-3-5-17-19(13-15)22-20-14-16(4-6-18(20)21-17)25-12-9-23-7-10-24-11-8-23/h2-6,13-14H,1,7-12H2. The molecular weight excluding hydrogens is 314 g/mol. The fourth-order valence-electron chi connectivity index (χ4n) is 3.01. The van der Waals surface area contributed by atoms with E-state index in [9.17, 15) is 0 Å². The molecule has 0 unspecified atom stereocenters. The van der Waals surface area contributed by atoms with Crippen molar-refractivity contribution in [3.8, 4) is 5.75 Å². The number of hydrogen-bond donors (Lipinski definition) is 0. The lowest BCUT2D eigenvalue weighted by Crippen LogP contribution is -2.38. The molecule has 25 heavy (non-hydrogen) atoms. The Bertz CT molecular complexity index is 904. The van der Waals surface area contributed by atoms with Gasteiger partial charge in [-0.3, -0.25) is 4.90 Å². The number of benzene rings is 2. The first-order chi connectivity index (χ1) is 12.3. The molecule has 5 nitrogen and oxygen atoms in total. The summed E-state index contributed by atoms with van der Waals surface area (Å²) in [6.07, 6.45) is 1.82. The molecule has 5 heteroatoms. The lowest BCUT2D eigenvalue weighted by atomic mass is 10.2. The van der Waals surface area contributed by atoms with Crippen LogP contribution in [0.4, 0.5) is 0 Å². The van der Waals surface area contributed by atoms with Crippen LogP contribution in [0.1, 0.15) is 5.56 Å². The summed E-state index contributed by atoms with van der Waals surface area (Å²) < 4.78 is 11.3. The van der Waals surface area contributed by atoms with Crippen LogP contribution in [-0.4, -0.2) is 54.3 Å². The van der Waals surface area contributed by atoms with E-state index in [4.69, 9.17) is 14.5 Å². The minimum Gasteiger partial charge on any atom is -0.492 e. The van der Waals surface area contributed by atoms with E-state index in [0.29, 0.717) is 6.61 Å². The molecule has 0 amide bonds. The van der Waals surface area contributed by atoms with Crippen molar-refractivity contribution in [3.05, 3.63) is 48.5 Å². The van der Waals surface area contributed by atoms with Gasteiger partial charge in [-0.25, -0.2) is 9.97 Å². The highest BCUT2D eigenvalue weighted by atomic mass is 16.5. The molecule has 1 aromatic heterocycles. The molecule has 1 aliphatic rings. The predicted molar refractivity (Wildman–Crippen MR) is 99.9 cm³/mol. The minimum atomic E-state index is 0.660. The van der Waals surface area contributed by atoms with Crippen LogP contribution in [0, 0.1) is 0 Å². The Morgan fingerprint density at radius 3 is 2.52 bits per heavy atom. The molecule has 1 saturated heterocycles. The van der Waals surface area contributed by atoms with E-state index in [1.807, 2.05) is 42.5 Å². The molecule has 1 aliphatic heterocycles. The number of ether oxygens (including phenoxy) is 2. The first-order valence-electron chi connectivity index (χ1n) is 8.59. The third kappa shape index (κ3) is 3.62. The minimum absolute atomic E-state index is 0.660. The number of nitrogens with zero attached hydrogens (tertiary/aromatic N) is 3. The zero-order valence-electron chi connectivity index (χ0n) is 14.1. The first-order valence-corrected chi connectivity index (χ1v) is 8.59. The average molecular weight is 335 g/mol. The molecule has 2 aromatic carbocycles. The van der Waals surface area contributed by atoms with Crippen molar-refractivity contribution in [3.63, 3.8) is 0 Å². The Balaban J connectivity index is 1.51. The number of rotatable bonds is 5. The largest absolute Gasteiger partial charge is 0.492 e. The highest BCUT2D eigenvalue weighted by Crippen LogP contribution is 2.22. The summed E-state index contributed by atoms with van der Waals surface area (Å²) in [5.41, 5.74) is 4.52. The van der Waals surface area contributed by atoms with Gasteiger partial charge in [-0.05, 0) is 29.8 Å². The van der Waals surface area contributed by atoms with E-state index in [2.05, 4.69) is 16.5 Å². The summed E-state index contributed by atoms with van der Waals surface area (Å²) >= 11 is 0. The second kappa shape index (κ2) is 7.17. The lowest BCUT2D eigenvalue weighted by Gasteiger charge is -2.26. The summed E-state index contributed by atoms with van der Waals surface area (Å²) in [7, 11) is 0. The van der Waals surface area contributed by atoms with Crippen LogP contribution >= 0.6 is 0 Å². The quantitative estimate of drug-likeness (QED) is 0.671. The average Bonchev–Trinajstić information content (AvgIpc) is 2.66. The van der Waals surface area contributed by atoms with Crippen molar-refractivity contribution in [2.24, 2.45) is 0 Å². The van der Waals surface area contributed by atoms with Gasteiger partial charge in [-0.2, -0.15) is 0 Å². The van der Waals surface area contributed by atoms with E-state index in [0.717, 1.165) is 66.2 Å². The molecule has 0 saturated carbocycles. The van der Waals surface area contributed by atoms with Crippen molar-refractivity contribution in [2.45, 2.75) is 0 Å². The molecular formula is C20H21N3O2. The van der Waals surface area contributed by atoms with Gasteiger partial charge < -0.3 is 9.47 Å². The van der Waals surface area contributed by atoms with E-state index >= 15 is 0 Å². The van der Waals surface area contributed by atoms with Gasteiger partial charge >= 0.3 is 0 Å². The Labute approximate surface area is 146 Å². The van der Waals surface area contributed by atoms with Gasteiger partial charge in [0.05, 0.1) is 35.3 Å². The van der Waals surface area contributed by atoms with Crippen molar-refractivity contribution in [2.75, 3.05) is 39.5 Å². The highest BCUT2D eigenvalue weighted by molar-refractivity contribution is 5.87. The van der Waals surface area contributed by atoms with Gasteiger partial charge in [0.2, 0.25) is 0 Å². The van der Waals surface area contributed by atoms with Crippen molar-refractivity contribution in [1.82, 2.24) is 14.9 Å². The van der Waals surface area contributed by atoms with Crippen LogP contribution in [0.25, 0.3) is 28.1 Å². The van der Waals surface area contributed by atoms with Gasteiger partial charge in [0.25, 0.3) is 0 Å². The van der Waals surface area contributed by atoms with Gasteiger partial charge in [0.1, 0.15) is 12.4 Å². The van der Waals surface area contributed by atoms with Gasteiger partial charge in [0.15, 0.2) is 0 Å². The first kappa shape index (κ1) is 16.0. The summed E-state index contributed by atoms with van der Waals surface area (Å²) in [6, 6.07) is 11.9. The van der Waals surface area contributed by atoms with Crippen LogP contribution < -0.4 is 4.74 Å². The van der Waals surface area contributed by atoms with Crippen LogP contribution in [0.2, 0.25) is 0 Å². The summed E-state index contributed by atoms with van der Waals surface area (Å²) in [5.74, 6) is 0.828. The second-order valence-electron chi connectivity index (χ2n) is 6.13. The lowest BCUT2D eigenvalue weighted by molar-refractivity contribution is 0.0322. The number of hydrogen-bond acceptors (Lipinski definition) is 5. The number of fused-ring (bicyclic) bond motifs is 2. The molecule has 3 aromatic rings. The van der Waals surface area contributed by atoms with Crippen molar-refractivity contribution < 1.29 is 9.47 Å². The third-order valence-electron chi connectivity index (χ3n) is 4.44. The van der Waals surface area contributed by atoms with Gasteiger partial charge in [-0.1, -0.05) is 18.7 Å². The zero-order valence-corrected chi connectivity index (χ0v) is 14.1. The maximum absolute atomic E-state index is 5.91. The van der Waals surface area contributed by atoms with E-state index < -0.39 is 0 Å². The number of morpholine rings is 1. The molecule has 2 heterocycles. The topological polar surface area (TPSA) is 47.5 Å². The smallest absolute Gasteiger partial charge is 0.121 e. The summed E-state index contributed by atoms with van der Waals surface area (Å²) in [6.45, 7) is 8.95. The Kier molecular flexibility index (Phi) is 4.59. The van der Waals surface area contributed by atoms with Crippen LogP contribution in [0.15, 0.2) is 43.0 Å². The van der Waals surface area contributed by atoms with Crippen LogP contribution in [0.3, 0.4) is 0 Å². The molecule has 1 fully saturated rings. The zero-order chi connectivity index (χ0) is 17.1. The van der Waals surface area contributed by atoms with E-state index in [1.54, 1.807) is 0 Å². The summed E-state index contributed by atoms with van der Waals surface area (Å²) in [4.78, 5) is 11.8. The molecule has 0 aliphatic carbocycles. The molecule has 4 rings (SSSR count). The Hall–Kier alpha value is -2.50. The number of aromatic nitrogens is 2. The van der Waals surface area contributed by atoms with Crippen LogP contribution in [-0.2, 0) is 4.74 Å². The maximum Gasteiger partial charge on any atom is 0.121 e. The maximum atomic E-state index is 5.91. The van der Waals surface area contributed by atoms with Crippen molar-refractivity contribution >= 4 is 28.1 Å². The van der Waals surface area contributed by atoms with Crippen molar-refractivity contribution in [1.29, 1.82) is 0 Å². The fraction of sp³-hybridized carbons (Fsp3) is 0.300. The fourth-order valence-corrected chi connectivity index (χ4v) is 3.01. The Morgan fingerprint density at radius 1 is 1.00 bits per heavy atom. The second-order valence-corrected chi connectivity index (χ2v) is 6.13. The predicted octanol–water partition coefficient (Wildman–Crippen LogP) is 3.14. The normalized spacial score (nSPS) is 15.5. The molecule has 0 atom stereocenters. The Morgan fingerprint density at radius 2 is 1.72 bits per heavy atom. The third-order valence-corrected chi connectivity index (χ3v) is 4.44. The molecule has 0 N–H and O–H groups in total. The van der Waals surface area contributed by atoms with E-state index in [1.165, 1.54) is 0 Å². The molecule has 0 bridgehead atoms. The summed E-state index contributed by atoms with van der Waals surface area (Å²) in [5, 5.41) is 0. The SMILES string of the molecule is C=Cc1ccc2nc3ccc(OCCN4CCOCC4)cc3nc2c1. The highest BCUT2D eigenvalue weighted by Gasteiger charge is 2.10. The van der Waals surface area contributed by atoms with Crippen LogP contribution in [0.5, 0.6) is 5.75 Å². The molecule has 128 valence electrons. The monoisotopic (exact) mass is 335 g/mol. The van der Waals surface area contributed by atoms with E-state index in [-0.39, 0.29) is 0 Å². The van der Waals surface area contributed by atoms with Gasteiger partial charge in [0, 0.05) is 25.7 Å². The molecule has 0 radical (unpaired) electrons. The van der Waals surface area contributed by atoms with Gasteiger partial charge in [-0.15, -0.1) is 0 Å². The molecule has 0 spiro atoms.